The fourth-order valence-electron chi connectivity index (χ4n) is 1.53. The molecule has 15 heavy (non-hydrogen) atoms. The Morgan fingerprint density at radius 3 is 2.67 bits per heavy atom. The molecule has 0 amide bonds. The smallest absolute Gasteiger partial charge is 0.106 e. The Hall–Kier alpha value is -1.09. The van der Waals surface area contributed by atoms with Gasteiger partial charge in [-0.3, -0.25) is 4.68 Å². The van der Waals surface area contributed by atoms with Gasteiger partial charge in [0.15, 0.2) is 0 Å². The van der Waals surface area contributed by atoms with E-state index in [1.54, 1.807) is 0 Å². The second-order valence-corrected chi connectivity index (χ2v) is 4.31. The van der Waals surface area contributed by atoms with Gasteiger partial charge in [0.25, 0.3) is 0 Å². The van der Waals surface area contributed by atoms with Gasteiger partial charge in [-0.25, -0.2) is 0 Å². The van der Waals surface area contributed by atoms with Crippen LogP contribution in [0.15, 0.2) is 41.0 Å². The van der Waals surface area contributed by atoms with Crippen molar-refractivity contribution in [1.29, 1.82) is 0 Å². The summed E-state index contributed by atoms with van der Waals surface area (Å²) in [6.45, 7) is 3.11. The zero-order valence-electron chi connectivity index (χ0n) is 8.65. The van der Waals surface area contributed by atoms with E-state index < -0.39 is 0 Å². The van der Waals surface area contributed by atoms with E-state index in [4.69, 9.17) is 0 Å². The number of rotatable bonds is 3. The molecule has 1 heterocycles. The van der Waals surface area contributed by atoms with Crippen molar-refractivity contribution in [2.75, 3.05) is 0 Å². The van der Waals surface area contributed by atoms with Crippen LogP contribution in [0.5, 0.6) is 0 Å². The Balaban J connectivity index is 2.36. The van der Waals surface area contributed by atoms with Crippen LogP contribution in [0.3, 0.4) is 0 Å². The average Bonchev–Trinajstić information content (AvgIpc) is 2.61. The molecule has 2 aromatic rings. The van der Waals surface area contributed by atoms with Crippen molar-refractivity contribution in [2.24, 2.45) is 0 Å². The molecule has 3 heteroatoms. The largest absolute Gasteiger partial charge is 0.271 e. The molecular formula is C12H13BrN2. The summed E-state index contributed by atoms with van der Waals surface area (Å²) < 4.78 is 3.04. The molecule has 0 fully saturated rings. The SMILES string of the molecule is CCCn1cc(Br)c(-c2ccccc2)n1. The standard InChI is InChI=1S/C12H13BrN2/c1-2-8-15-9-11(13)12(14-15)10-6-4-3-5-7-10/h3-7,9H,2,8H2,1H3. The van der Waals surface area contributed by atoms with Gasteiger partial charge in [-0.05, 0) is 22.4 Å². The van der Waals surface area contributed by atoms with Crippen LogP contribution >= 0.6 is 15.9 Å². The molecule has 0 saturated heterocycles. The fraction of sp³-hybridized carbons (Fsp3) is 0.250. The summed E-state index contributed by atoms with van der Waals surface area (Å²) in [5.41, 5.74) is 2.17. The van der Waals surface area contributed by atoms with E-state index in [1.165, 1.54) is 0 Å². The van der Waals surface area contributed by atoms with Gasteiger partial charge in [0.1, 0.15) is 5.69 Å². The van der Waals surface area contributed by atoms with Gasteiger partial charge in [-0.2, -0.15) is 5.10 Å². The molecule has 2 nitrogen and oxygen atoms in total. The predicted octanol–water partition coefficient (Wildman–Crippen LogP) is 3.72. The van der Waals surface area contributed by atoms with Crippen LogP contribution in [0.1, 0.15) is 13.3 Å². The van der Waals surface area contributed by atoms with E-state index in [-0.39, 0.29) is 0 Å². The maximum atomic E-state index is 4.54. The van der Waals surface area contributed by atoms with Gasteiger partial charge in [-0.15, -0.1) is 0 Å². The summed E-state index contributed by atoms with van der Waals surface area (Å²) >= 11 is 3.54. The summed E-state index contributed by atoms with van der Waals surface area (Å²) in [6, 6.07) is 10.2. The summed E-state index contributed by atoms with van der Waals surface area (Å²) in [4.78, 5) is 0. The molecule has 2 rings (SSSR count). The molecule has 0 saturated carbocycles. The first-order valence-electron chi connectivity index (χ1n) is 5.09. The second-order valence-electron chi connectivity index (χ2n) is 3.45. The zero-order chi connectivity index (χ0) is 10.7. The maximum absolute atomic E-state index is 4.54. The molecule has 78 valence electrons. The third-order valence-electron chi connectivity index (χ3n) is 2.22. The Bertz CT molecular complexity index is 434. The van der Waals surface area contributed by atoms with Crippen LogP contribution in [0.4, 0.5) is 0 Å². The van der Waals surface area contributed by atoms with Gasteiger partial charge in [0.2, 0.25) is 0 Å². The van der Waals surface area contributed by atoms with Crippen molar-refractivity contribution in [2.45, 2.75) is 19.9 Å². The zero-order valence-corrected chi connectivity index (χ0v) is 10.2. The highest BCUT2D eigenvalue weighted by Gasteiger charge is 2.07. The van der Waals surface area contributed by atoms with Gasteiger partial charge in [0.05, 0.1) is 4.47 Å². The molecule has 0 aliphatic heterocycles. The molecule has 1 aromatic heterocycles. The highest BCUT2D eigenvalue weighted by molar-refractivity contribution is 9.10. The Labute approximate surface area is 98.1 Å². The fourth-order valence-corrected chi connectivity index (χ4v) is 2.08. The van der Waals surface area contributed by atoms with Crippen LogP contribution in [0.25, 0.3) is 11.3 Å². The quantitative estimate of drug-likeness (QED) is 0.826. The maximum Gasteiger partial charge on any atom is 0.106 e. The highest BCUT2D eigenvalue weighted by Crippen LogP contribution is 2.26. The molecule has 0 radical (unpaired) electrons. The normalized spacial score (nSPS) is 10.5. The number of aromatic nitrogens is 2. The van der Waals surface area contributed by atoms with Crippen LogP contribution in [0.2, 0.25) is 0 Å². The average molecular weight is 265 g/mol. The van der Waals surface area contributed by atoms with Crippen molar-refractivity contribution < 1.29 is 0 Å². The van der Waals surface area contributed by atoms with Crippen molar-refractivity contribution in [1.82, 2.24) is 9.78 Å². The number of benzene rings is 1. The minimum absolute atomic E-state index is 0.964. The molecule has 0 N–H and O–H groups in total. The molecule has 0 aliphatic carbocycles. The first kappa shape index (κ1) is 10.4. The third kappa shape index (κ3) is 2.29. The lowest BCUT2D eigenvalue weighted by atomic mass is 10.2. The van der Waals surface area contributed by atoms with E-state index in [9.17, 15) is 0 Å². The van der Waals surface area contributed by atoms with Gasteiger partial charge < -0.3 is 0 Å². The number of hydrogen-bond donors (Lipinski definition) is 0. The molecule has 0 spiro atoms. The van der Waals surface area contributed by atoms with E-state index >= 15 is 0 Å². The lowest BCUT2D eigenvalue weighted by Crippen LogP contribution is -1.96. The summed E-state index contributed by atoms with van der Waals surface area (Å²) in [7, 11) is 0. The Morgan fingerprint density at radius 1 is 1.27 bits per heavy atom. The topological polar surface area (TPSA) is 17.8 Å². The predicted molar refractivity (Wildman–Crippen MR) is 65.7 cm³/mol. The lowest BCUT2D eigenvalue weighted by molar-refractivity contribution is 0.604. The number of aryl methyl sites for hydroxylation is 1. The summed E-state index contributed by atoms with van der Waals surface area (Å²) in [5.74, 6) is 0. The van der Waals surface area contributed by atoms with E-state index in [0.29, 0.717) is 0 Å². The Morgan fingerprint density at radius 2 is 2.00 bits per heavy atom. The molecule has 0 bridgehead atoms. The van der Waals surface area contributed by atoms with Crippen LogP contribution in [0, 0.1) is 0 Å². The van der Waals surface area contributed by atoms with Crippen molar-refractivity contribution in [3.8, 4) is 11.3 Å². The monoisotopic (exact) mass is 264 g/mol. The second kappa shape index (κ2) is 4.62. The van der Waals surface area contributed by atoms with Gasteiger partial charge in [-0.1, -0.05) is 37.3 Å². The van der Waals surface area contributed by atoms with Crippen molar-refractivity contribution in [3.05, 3.63) is 41.0 Å². The highest BCUT2D eigenvalue weighted by atomic mass is 79.9. The molecule has 0 aliphatic rings. The molecule has 0 unspecified atom stereocenters. The first-order chi connectivity index (χ1) is 7.31. The van der Waals surface area contributed by atoms with E-state index in [0.717, 1.165) is 28.7 Å². The summed E-state index contributed by atoms with van der Waals surface area (Å²) in [5, 5.41) is 4.54. The van der Waals surface area contributed by atoms with Gasteiger partial charge in [0, 0.05) is 18.3 Å². The van der Waals surface area contributed by atoms with Crippen molar-refractivity contribution >= 4 is 15.9 Å². The number of nitrogens with zero attached hydrogens (tertiary/aromatic N) is 2. The van der Waals surface area contributed by atoms with Crippen LogP contribution in [-0.4, -0.2) is 9.78 Å². The van der Waals surface area contributed by atoms with Crippen LogP contribution in [-0.2, 0) is 6.54 Å². The molecule has 1 aromatic carbocycles. The number of halogens is 1. The third-order valence-corrected chi connectivity index (χ3v) is 2.80. The lowest BCUT2D eigenvalue weighted by Gasteiger charge is -1.97. The molecular weight excluding hydrogens is 252 g/mol. The van der Waals surface area contributed by atoms with Crippen molar-refractivity contribution in [3.63, 3.8) is 0 Å². The van der Waals surface area contributed by atoms with Gasteiger partial charge >= 0.3 is 0 Å². The Kier molecular flexibility index (Phi) is 3.21. The van der Waals surface area contributed by atoms with E-state index in [2.05, 4.69) is 40.1 Å². The molecule has 0 atom stereocenters. The summed E-state index contributed by atoms with van der Waals surface area (Å²) in [6.07, 6.45) is 3.13. The van der Waals surface area contributed by atoms with Crippen LogP contribution < -0.4 is 0 Å². The minimum atomic E-state index is 0.964. The van der Waals surface area contributed by atoms with E-state index in [1.807, 2.05) is 29.1 Å². The number of hydrogen-bond acceptors (Lipinski definition) is 1. The first-order valence-corrected chi connectivity index (χ1v) is 5.89. The minimum Gasteiger partial charge on any atom is -0.271 e.